The summed E-state index contributed by atoms with van der Waals surface area (Å²) in [4.78, 5) is 28.6. The van der Waals surface area contributed by atoms with Crippen molar-refractivity contribution in [1.82, 2.24) is 24.7 Å². The van der Waals surface area contributed by atoms with Gasteiger partial charge in [0, 0.05) is 29.7 Å². The van der Waals surface area contributed by atoms with E-state index in [9.17, 15) is 4.79 Å². The van der Waals surface area contributed by atoms with Crippen LogP contribution in [0.1, 0.15) is 22.0 Å². The minimum atomic E-state index is -0.0680. The quantitative estimate of drug-likeness (QED) is 0.744. The first-order valence-electron chi connectivity index (χ1n) is 8.76. The summed E-state index contributed by atoms with van der Waals surface area (Å²) in [7, 11) is 0. The van der Waals surface area contributed by atoms with E-state index in [-0.39, 0.29) is 11.8 Å². The monoisotopic (exact) mass is 383 g/mol. The summed E-state index contributed by atoms with van der Waals surface area (Å²) < 4.78 is 1.80. The fourth-order valence-electron chi connectivity index (χ4n) is 3.05. The second-order valence-electron chi connectivity index (χ2n) is 6.83. The molecule has 0 unspecified atom stereocenters. The zero-order chi connectivity index (χ0) is 19.1. The normalized spacial score (nSPS) is 14.3. The van der Waals surface area contributed by atoms with Gasteiger partial charge in [0.05, 0.1) is 17.3 Å². The van der Waals surface area contributed by atoms with Crippen LogP contribution >= 0.6 is 11.3 Å². The highest BCUT2D eigenvalue weighted by atomic mass is 32.1. The third kappa shape index (κ3) is 3.42. The molecule has 0 atom stereocenters. The minimum Gasteiger partial charge on any atom is -0.355 e. The first kappa shape index (κ1) is 17.6. The Balaban J connectivity index is 1.41. The summed E-state index contributed by atoms with van der Waals surface area (Å²) in [5.41, 5.74) is 2.93. The molecule has 3 aromatic rings. The summed E-state index contributed by atoms with van der Waals surface area (Å²) in [5, 5.41) is 8.05. The Hall–Kier alpha value is -2.81. The van der Waals surface area contributed by atoms with Gasteiger partial charge in [-0.15, -0.1) is 11.3 Å². The van der Waals surface area contributed by atoms with Crippen LogP contribution in [-0.4, -0.2) is 43.7 Å². The zero-order valence-corrected chi connectivity index (χ0v) is 16.5. The summed E-state index contributed by atoms with van der Waals surface area (Å²) in [6.45, 7) is 9.15. The van der Waals surface area contributed by atoms with E-state index in [1.54, 1.807) is 4.68 Å². The molecule has 1 aliphatic rings. The summed E-state index contributed by atoms with van der Waals surface area (Å²) in [5.74, 6) is 1.47. The predicted molar refractivity (Wildman–Crippen MR) is 105 cm³/mol. The Bertz CT molecular complexity index is 984. The molecular weight excluding hydrogens is 362 g/mol. The smallest absolute Gasteiger partial charge is 0.232 e. The summed E-state index contributed by atoms with van der Waals surface area (Å²) >= 11 is 1.51. The molecule has 8 nitrogen and oxygen atoms in total. The Morgan fingerprint density at radius 3 is 2.52 bits per heavy atom. The van der Waals surface area contributed by atoms with Gasteiger partial charge in [-0.25, -0.2) is 19.6 Å². The van der Waals surface area contributed by atoms with E-state index < -0.39 is 0 Å². The van der Waals surface area contributed by atoms with Crippen LogP contribution in [0.15, 0.2) is 18.5 Å². The number of thiazole rings is 1. The summed E-state index contributed by atoms with van der Waals surface area (Å²) in [6, 6.07) is 3.91. The molecule has 1 N–H and O–H groups in total. The molecule has 0 saturated carbocycles. The standard InChI is InChI=1S/C18H21N7OS/c1-10-5-11(2)25(23-10)16-6-15(19-9-20-16)24-7-14(8-24)17(26)22-18-21-12(3)13(4)27-18/h5-6,9,14H,7-8H2,1-4H3,(H,21,22,26). The maximum absolute atomic E-state index is 12.4. The van der Waals surface area contributed by atoms with E-state index in [2.05, 4.69) is 30.3 Å². The second-order valence-corrected chi connectivity index (χ2v) is 8.03. The van der Waals surface area contributed by atoms with Gasteiger partial charge in [0.2, 0.25) is 5.91 Å². The molecule has 0 aromatic carbocycles. The molecule has 0 bridgehead atoms. The third-order valence-corrected chi connectivity index (χ3v) is 5.69. The molecule has 4 rings (SSSR count). The fraction of sp³-hybridized carbons (Fsp3) is 0.389. The van der Waals surface area contributed by atoms with Gasteiger partial charge in [-0.3, -0.25) is 4.79 Å². The lowest BCUT2D eigenvalue weighted by Gasteiger charge is -2.38. The van der Waals surface area contributed by atoms with Crippen LogP contribution in [0.25, 0.3) is 5.82 Å². The predicted octanol–water partition coefficient (Wildman–Crippen LogP) is 2.43. The van der Waals surface area contributed by atoms with E-state index in [4.69, 9.17) is 0 Å². The molecule has 1 fully saturated rings. The van der Waals surface area contributed by atoms with Crippen molar-refractivity contribution >= 4 is 28.2 Å². The first-order valence-corrected chi connectivity index (χ1v) is 9.58. The SMILES string of the molecule is Cc1cc(C)n(-c2cc(N3CC(C(=O)Nc4nc(C)c(C)s4)C3)ncn2)n1. The maximum atomic E-state index is 12.4. The number of anilines is 2. The van der Waals surface area contributed by atoms with E-state index >= 15 is 0 Å². The number of nitrogens with one attached hydrogen (secondary N) is 1. The molecule has 4 heterocycles. The lowest BCUT2D eigenvalue weighted by Crippen LogP contribution is -2.52. The molecule has 27 heavy (non-hydrogen) atoms. The van der Waals surface area contributed by atoms with Crippen LogP contribution in [0.3, 0.4) is 0 Å². The van der Waals surface area contributed by atoms with Crippen molar-refractivity contribution in [3.8, 4) is 5.82 Å². The van der Waals surface area contributed by atoms with Gasteiger partial charge in [0.1, 0.15) is 12.1 Å². The zero-order valence-electron chi connectivity index (χ0n) is 15.7. The van der Waals surface area contributed by atoms with Crippen LogP contribution in [0.5, 0.6) is 0 Å². The maximum Gasteiger partial charge on any atom is 0.232 e. The highest BCUT2D eigenvalue weighted by Crippen LogP contribution is 2.26. The van der Waals surface area contributed by atoms with Gasteiger partial charge in [0.25, 0.3) is 0 Å². The molecule has 140 valence electrons. The van der Waals surface area contributed by atoms with Gasteiger partial charge >= 0.3 is 0 Å². The molecule has 1 aliphatic heterocycles. The molecule has 0 aliphatic carbocycles. The molecule has 1 saturated heterocycles. The van der Waals surface area contributed by atoms with E-state index in [0.29, 0.717) is 18.2 Å². The molecule has 0 spiro atoms. The van der Waals surface area contributed by atoms with Crippen molar-refractivity contribution in [2.75, 3.05) is 23.3 Å². The van der Waals surface area contributed by atoms with Crippen LogP contribution in [0.2, 0.25) is 0 Å². The molecule has 0 radical (unpaired) electrons. The Labute approximate surface area is 161 Å². The Kier molecular flexibility index (Phi) is 4.39. The number of amides is 1. The van der Waals surface area contributed by atoms with Crippen LogP contribution in [-0.2, 0) is 4.79 Å². The molecule has 9 heteroatoms. The average molecular weight is 383 g/mol. The van der Waals surface area contributed by atoms with Crippen molar-refractivity contribution in [1.29, 1.82) is 0 Å². The number of carbonyl (C=O) groups is 1. The molecule has 3 aromatic heterocycles. The van der Waals surface area contributed by atoms with Gasteiger partial charge in [0.15, 0.2) is 10.9 Å². The third-order valence-electron chi connectivity index (χ3n) is 4.70. The van der Waals surface area contributed by atoms with Crippen LogP contribution < -0.4 is 10.2 Å². The number of hydrogen-bond donors (Lipinski definition) is 1. The van der Waals surface area contributed by atoms with Crippen molar-refractivity contribution < 1.29 is 4.79 Å². The highest BCUT2D eigenvalue weighted by Gasteiger charge is 2.34. The number of carbonyl (C=O) groups excluding carboxylic acids is 1. The Morgan fingerprint density at radius 1 is 1.15 bits per heavy atom. The number of rotatable bonds is 4. The highest BCUT2D eigenvalue weighted by molar-refractivity contribution is 7.15. The number of hydrogen-bond acceptors (Lipinski definition) is 7. The Morgan fingerprint density at radius 2 is 1.89 bits per heavy atom. The first-order chi connectivity index (χ1) is 12.9. The van der Waals surface area contributed by atoms with Crippen molar-refractivity contribution in [2.24, 2.45) is 5.92 Å². The van der Waals surface area contributed by atoms with Gasteiger partial charge in [-0.1, -0.05) is 0 Å². The largest absolute Gasteiger partial charge is 0.355 e. The van der Waals surface area contributed by atoms with E-state index in [1.807, 2.05) is 39.8 Å². The molecule has 1 amide bonds. The fourth-order valence-corrected chi connectivity index (χ4v) is 3.87. The van der Waals surface area contributed by atoms with Crippen molar-refractivity contribution in [3.63, 3.8) is 0 Å². The van der Waals surface area contributed by atoms with Gasteiger partial charge in [-0.2, -0.15) is 5.10 Å². The topological polar surface area (TPSA) is 88.8 Å². The van der Waals surface area contributed by atoms with E-state index in [1.165, 1.54) is 17.7 Å². The average Bonchev–Trinajstić information content (AvgIpc) is 3.07. The lowest BCUT2D eigenvalue weighted by atomic mass is 9.99. The minimum absolute atomic E-state index is 0.00725. The number of nitrogens with zero attached hydrogens (tertiary/aromatic N) is 6. The van der Waals surface area contributed by atoms with Gasteiger partial charge in [-0.05, 0) is 33.8 Å². The summed E-state index contributed by atoms with van der Waals surface area (Å²) in [6.07, 6.45) is 1.54. The number of aromatic nitrogens is 5. The van der Waals surface area contributed by atoms with Crippen molar-refractivity contribution in [3.05, 3.63) is 40.4 Å². The second kappa shape index (κ2) is 6.73. The van der Waals surface area contributed by atoms with Gasteiger partial charge < -0.3 is 10.2 Å². The lowest BCUT2D eigenvalue weighted by molar-refractivity contribution is -0.120. The number of aryl methyl sites for hydroxylation is 4. The van der Waals surface area contributed by atoms with Crippen molar-refractivity contribution in [2.45, 2.75) is 27.7 Å². The molecular formula is C18H21N7OS. The van der Waals surface area contributed by atoms with E-state index in [0.717, 1.165) is 33.6 Å². The van der Waals surface area contributed by atoms with Crippen LogP contribution in [0.4, 0.5) is 10.9 Å². The van der Waals surface area contributed by atoms with Crippen LogP contribution in [0, 0.1) is 33.6 Å².